The number of hydrogen-bond donors (Lipinski definition) is 2. The lowest BCUT2D eigenvalue weighted by atomic mass is 10.1. The second-order valence-electron chi connectivity index (χ2n) is 3.93. The van der Waals surface area contributed by atoms with Gasteiger partial charge in [-0.15, -0.1) is 0 Å². The van der Waals surface area contributed by atoms with Crippen LogP contribution in [0.4, 0.5) is 5.69 Å². The molecule has 1 amide bonds. The Kier molecular flexibility index (Phi) is 3.66. The molecule has 0 radical (unpaired) electrons. The highest BCUT2D eigenvalue weighted by Crippen LogP contribution is 2.29. The number of phenolic OH excluding ortho intramolecular Hbond substituents is 2. The minimum absolute atomic E-state index is 0.0961. The Hall–Kier alpha value is -2.56. The van der Waals surface area contributed by atoms with Crippen LogP contribution in [0.3, 0.4) is 0 Å². The van der Waals surface area contributed by atoms with Gasteiger partial charge in [0.25, 0.3) is 5.91 Å². The molecule has 0 saturated heterocycles. The Morgan fingerprint density at radius 1 is 1.16 bits per heavy atom. The van der Waals surface area contributed by atoms with E-state index in [4.69, 9.17) is 0 Å². The van der Waals surface area contributed by atoms with E-state index in [0.717, 1.165) is 0 Å². The number of nitrogens with zero attached hydrogens (tertiary/aromatic N) is 2. The van der Waals surface area contributed by atoms with E-state index in [2.05, 4.69) is 4.98 Å². The largest absolute Gasteiger partial charge is 0.507 e. The van der Waals surface area contributed by atoms with Gasteiger partial charge in [-0.25, -0.2) is 0 Å². The van der Waals surface area contributed by atoms with Crippen molar-refractivity contribution in [2.75, 3.05) is 11.4 Å². The van der Waals surface area contributed by atoms with Gasteiger partial charge in [-0.2, -0.15) is 0 Å². The Bertz CT molecular complexity index is 564. The van der Waals surface area contributed by atoms with Crippen LogP contribution >= 0.6 is 0 Å². The van der Waals surface area contributed by atoms with Crippen molar-refractivity contribution < 1.29 is 15.0 Å². The Labute approximate surface area is 110 Å². The molecule has 0 saturated carbocycles. The first-order chi connectivity index (χ1) is 9.15. The smallest absolute Gasteiger partial charge is 0.265 e. The summed E-state index contributed by atoms with van der Waals surface area (Å²) in [6.45, 7) is 2.23. The van der Waals surface area contributed by atoms with Gasteiger partial charge in [0.05, 0.1) is 0 Å². The van der Waals surface area contributed by atoms with Crippen LogP contribution in [0.25, 0.3) is 0 Å². The third kappa shape index (κ3) is 2.49. The van der Waals surface area contributed by atoms with Gasteiger partial charge in [0.2, 0.25) is 0 Å². The van der Waals surface area contributed by atoms with Crippen LogP contribution in [-0.4, -0.2) is 27.6 Å². The van der Waals surface area contributed by atoms with Crippen molar-refractivity contribution in [1.82, 2.24) is 4.98 Å². The van der Waals surface area contributed by atoms with Gasteiger partial charge < -0.3 is 15.1 Å². The first kappa shape index (κ1) is 12.9. The highest BCUT2D eigenvalue weighted by atomic mass is 16.3. The number of anilines is 1. The maximum atomic E-state index is 12.4. The maximum Gasteiger partial charge on any atom is 0.265 e. The lowest BCUT2D eigenvalue weighted by Crippen LogP contribution is -2.30. The van der Waals surface area contributed by atoms with Crippen molar-refractivity contribution in [2.24, 2.45) is 0 Å². The minimum Gasteiger partial charge on any atom is -0.507 e. The van der Waals surface area contributed by atoms with Crippen LogP contribution in [-0.2, 0) is 0 Å². The van der Waals surface area contributed by atoms with Gasteiger partial charge >= 0.3 is 0 Å². The molecule has 2 aromatic rings. The third-order valence-corrected chi connectivity index (χ3v) is 2.77. The summed E-state index contributed by atoms with van der Waals surface area (Å²) in [5.41, 5.74) is 0.561. The highest BCUT2D eigenvalue weighted by Gasteiger charge is 2.22. The zero-order valence-corrected chi connectivity index (χ0v) is 10.4. The summed E-state index contributed by atoms with van der Waals surface area (Å²) in [7, 11) is 0. The van der Waals surface area contributed by atoms with Gasteiger partial charge in [-0.05, 0) is 31.2 Å². The first-order valence-corrected chi connectivity index (χ1v) is 5.88. The Morgan fingerprint density at radius 2 is 1.74 bits per heavy atom. The molecule has 5 nitrogen and oxygen atoms in total. The van der Waals surface area contributed by atoms with Crippen molar-refractivity contribution in [2.45, 2.75) is 6.92 Å². The summed E-state index contributed by atoms with van der Waals surface area (Å²) in [5, 5.41) is 19.5. The second kappa shape index (κ2) is 5.39. The highest BCUT2D eigenvalue weighted by molar-refractivity contribution is 6.09. The van der Waals surface area contributed by atoms with Gasteiger partial charge in [-0.1, -0.05) is 6.07 Å². The standard InChI is InChI=1S/C14H14N2O3/c1-2-16(10-6-8-15-9-7-10)14(19)13-11(17)4-3-5-12(13)18/h3-9,17-18H,2H2,1H3. The molecule has 2 rings (SSSR count). The molecule has 98 valence electrons. The van der Waals surface area contributed by atoms with Crippen molar-refractivity contribution in [3.8, 4) is 11.5 Å². The molecule has 0 unspecified atom stereocenters. The quantitative estimate of drug-likeness (QED) is 0.884. The number of benzene rings is 1. The lowest BCUT2D eigenvalue weighted by Gasteiger charge is -2.21. The maximum absolute atomic E-state index is 12.4. The molecule has 0 fully saturated rings. The third-order valence-electron chi connectivity index (χ3n) is 2.77. The average molecular weight is 258 g/mol. The van der Waals surface area contributed by atoms with Crippen LogP contribution in [0.5, 0.6) is 11.5 Å². The summed E-state index contributed by atoms with van der Waals surface area (Å²) in [4.78, 5) is 17.8. The number of rotatable bonds is 3. The number of pyridine rings is 1. The predicted octanol–water partition coefficient (Wildman–Crippen LogP) is 2.16. The number of carbonyl (C=O) groups is 1. The zero-order valence-electron chi connectivity index (χ0n) is 10.4. The number of aromatic hydroxyl groups is 2. The number of aromatic nitrogens is 1. The van der Waals surface area contributed by atoms with Crippen LogP contribution in [0, 0.1) is 0 Å². The summed E-state index contributed by atoms with van der Waals surface area (Å²) in [6.07, 6.45) is 3.16. The fraction of sp³-hybridized carbons (Fsp3) is 0.143. The number of carbonyl (C=O) groups excluding carboxylic acids is 1. The van der Waals surface area contributed by atoms with Gasteiger partial charge in [0.1, 0.15) is 17.1 Å². The molecular formula is C14H14N2O3. The molecule has 0 atom stereocenters. The lowest BCUT2D eigenvalue weighted by molar-refractivity contribution is 0.0983. The van der Waals surface area contributed by atoms with E-state index in [-0.39, 0.29) is 17.1 Å². The SMILES string of the molecule is CCN(C(=O)c1c(O)cccc1O)c1ccncc1. The van der Waals surface area contributed by atoms with E-state index in [0.29, 0.717) is 12.2 Å². The molecule has 19 heavy (non-hydrogen) atoms. The summed E-state index contributed by atoms with van der Waals surface area (Å²) in [5.74, 6) is -0.931. The first-order valence-electron chi connectivity index (χ1n) is 5.88. The molecule has 2 N–H and O–H groups in total. The molecule has 1 aromatic heterocycles. The monoisotopic (exact) mass is 258 g/mol. The molecular weight excluding hydrogens is 244 g/mol. The molecule has 1 heterocycles. The van der Waals surface area contributed by atoms with E-state index in [1.807, 2.05) is 6.92 Å². The predicted molar refractivity (Wildman–Crippen MR) is 71.4 cm³/mol. The van der Waals surface area contributed by atoms with Gasteiger partial charge in [-0.3, -0.25) is 9.78 Å². The van der Waals surface area contributed by atoms with Crippen LogP contribution in [0.1, 0.15) is 17.3 Å². The fourth-order valence-corrected chi connectivity index (χ4v) is 1.85. The van der Waals surface area contributed by atoms with E-state index < -0.39 is 5.91 Å². The van der Waals surface area contributed by atoms with Crippen LogP contribution < -0.4 is 4.90 Å². The van der Waals surface area contributed by atoms with E-state index in [1.54, 1.807) is 24.5 Å². The van der Waals surface area contributed by atoms with Gasteiger partial charge in [0.15, 0.2) is 0 Å². The minimum atomic E-state index is -0.454. The number of hydrogen-bond acceptors (Lipinski definition) is 4. The molecule has 0 aliphatic heterocycles. The molecule has 0 aliphatic rings. The molecule has 0 bridgehead atoms. The average Bonchev–Trinajstić information content (AvgIpc) is 2.40. The molecule has 0 aliphatic carbocycles. The molecule has 0 spiro atoms. The van der Waals surface area contributed by atoms with E-state index in [9.17, 15) is 15.0 Å². The Balaban J connectivity index is 2.42. The summed E-state index contributed by atoms with van der Waals surface area (Å²) in [6, 6.07) is 7.60. The normalized spacial score (nSPS) is 10.2. The topological polar surface area (TPSA) is 73.7 Å². The second-order valence-corrected chi connectivity index (χ2v) is 3.93. The number of phenols is 2. The fourth-order valence-electron chi connectivity index (χ4n) is 1.85. The van der Waals surface area contributed by atoms with E-state index >= 15 is 0 Å². The Morgan fingerprint density at radius 3 is 2.26 bits per heavy atom. The van der Waals surface area contributed by atoms with Crippen molar-refractivity contribution in [3.63, 3.8) is 0 Å². The molecule has 1 aromatic carbocycles. The zero-order chi connectivity index (χ0) is 13.8. The number of amides is 1. The summed E-state index contributed by atoms with van der Waals surface area (Å²) < 4.78 is 0. The summed E-state index contributed by atoms with van der Waals surface area (Å²) >= 11 is 0. The van der Waals surface area contributed by atoms with Gasteiger partial charge in [0, 0.05) is 24.6 Å². The van der Waals surface area contributed by atoms with Crippen molar-refractivity contribution in [3.05, 3.63) is 48.3 Å². The van der Waals surface area contributed by atoms with Crippen LogP contribution in [0.2, 0.25) is 0 Å². The van der Waals surface area contributed by atoms with Crippen molar-refractivity contribution in [1.29, 1.82) is 0 Å². The van der Waals surface area contributed by atoms with E-state index in [1.165, 1.54) is 23.1 Å². The van der Waals surface area contributed by atoms with Crippen molar-refractivity contribution >= 4 is 11.6 Å². The molecule has 5 heteroatoms. The van der Waals surface area contributed by atoms with Crippen LogP contribution in [0.15, 0.2) is 42.7 Å².